The summed E-state index contributed by atoms with van der Waals surface area (Å²) in [6.45, 7) is 2.14. The second-order valence-corrected chi connectivity index (χ2v) is 9.15. The number of Topliss-reactive ketones (excluding diaryl/α,β-unsaturated/α-hetero) is 1. The number of carbonyl (C=O) groups is 1. The van der Waals surface area contributed by atoms with E-state index in [0.717, 1.165) is 21.9 Å². The maximum absolute atomic E-state index is 13.4. The molecule has 4 rings (SSSR count). The first kappa shape index (κ1) is 28.1. The smallest absolute Gasteiger partial charge is 0.387 e. The van der Waals surface area contributed by atoms with Crippen molar-refractivity contribution in [1.82, 2.24) is 19.1 Å². The summed E-state index contributed by atoms with van der Waals surface area (Å²) in [6.07, 6.45) is 1.12. The molecule has 2 aromatic carbocycles. The molecule has 0 saturated carbocycles. The number of ketones is 1. The number of H-pyrrole nitrogens is 1. The predicted molar refractivity (Wildman–Crippen MR) is 142 cm³/mol. The fourth-order valence-corrected chi connectivity index (χ4v) is 3.66. The lowest BCUT2D eigenvalue weighted by molar-refractivity contribution is -0.120. The number of nitrogens with zero attached hydrogens (tertiary/aromatic N) is 4. The van der Waals surface area contributed by atoms with Crippen LogP contribution in [0.2, 0.25) is 0 Å². The first-order chi connectivity index (χ1) is 19.1. The summed E-state index contributed by atoms with van der Waals surface area (Å²) in [4.78, 5) is 49.1. The molecule has 208 valence electrons. The van der Waals surface area contributed by atoms with E-state index in [-0.39, 0.29) is 36.1 Å². The maximum Gasteiger partial charge on any atom is 0.387 e. The molecule has 0 amide bonds. The summed E-state index contributed by atoms with van der Waals surface area (Å²) in [7, 11) is 0. The van der Waals surface area contributed by atoms with Crippen molar-refractivity contribution in [2.45, 2.75) is 40.5 Å². The van der Waals surface area contributed by atoms with Gasteiger partial charge in [0.1, 0.15) is 17.3 Å². The third-order valence-electron chi connectivity index (χ3n) is 6.02. The van der Waals surface area contributed by atoms with Crippen molar-refractivity contribution in [2.24, 2.45) is 10.9 Å². The summed E-state index contributed by atoms with van der Waals surface area (Å²) in [5, 5.41) is 0. The average molecular weight is 552 g/mol. The molecule has 2 heterocycles. The summed E-state index contributed by atoms with van der Waals surface area (Å²) < 4.78 is 36.9. The van der Waals surface area contributed by atoms with E-state index in [4.69, 9.17) is 4.74 Å². The van der Waals surface area contributed by atoms with Gasteiger partial charge in [-0.3, -0.25) is 14.3 Å². The first-order valence-electron chi connectivity index (χ1n) is 12.3. The molecule has 40 heavy (non-hydrogen) atoms. The zero-order chi connectivity index (χ0) is 28.8. The lowest BCUT2D eigenvalue weighted by Crippen LogP contribution is -2.51. The van der Waals surface area contributed by atoms with Crippen molar-refractivity contribution in [2.75, 3.05) is 0 Å². The number of hydrogen-bond donors (Lipinski definition) is 1. The van der Waals surface area contributed by atoms with Gasteiger partial charge in [0, 0.05) is 18.5 Å². The van der Waals surface area contributed by atoms with Crippen molar-refractivity contribution < 1.29 is 23.0 Å². The third-order valence-corrected chi connectivity index (χ3v) is 6.02. The summed E-state index contributed by atoms with van der Waals surface area (Å²) in [6, 6.07) is 16.7. The molecule has 2 aromatic heterocycles. The van der Waals surface area contributed by atoms with Crippen molar-refractivity contribution in [3.05, 3.63) is 105 Å². The van der Waals surface area contributed by atoms with Crippen LogP contribution in [0.1, 0.15) is 25.0 Å². The Morgan fingerprint density at radius 2 is 1.68 bits per heavy atom. The average Bonchev–Trinajstić information content (AvgIpc) is 2.91. The minimum absolute atomic E-state index is 0.0345. The number of carbonyl (C=O) groups excluding carboxylic acids is 1. The largest absolute Gasteiger partial charge is 0.439 e. The van der Waals surface area contributed by atoms with Gasteiger partial charge < -0.3 is 9.47 Å². The molecule has 0 saturated heterocycles. The number of aromatic nitrogens is 4. The number of benzene rings is 2. The summed E-state index contributed by atoms with van der Waals surface area (Å²) >= 11 is 0. The van der Waals surface area contributed by atoms with Crippen LogP contribution in [0.25, 0.3) is 0 Å². The molecule has 10 nitrogen and oxygen atoms in total. The number of pyridine rings is 1. The van der Waals surface area contributed by atoms with E-state index in [2.05, 4.69) is 19.7 Å². The van der Waals surface area contributed by atoms with Gasteiger partial charge in [-0.15, -0.1) is 0 Å². The van der Waals surface area contributed by atoms with Gasteiger partial charge in [-0.25, -0.2) is 24.1 Å². The summed E-state index contributed by atoms with van der Waals surface area (Å²) in [5.41, 5.74) is 1.06. The highest BCUT2D eigenvalue weighted by Gasteiger charge is 2.15. The van der Waals surface area contributed by atoms with E-state index >= 15 is 0 Å². The van der Waals surface area contributed by atoms with Crippen LogP contribution in [-0.4, -0.2) is 31.5 Å². The maximum atomic E-state index is 13.4. The highest BCUT2D eigenvalue weighted by molar-refractivity contribution is 5.77. The molecular weight excluding hydrogens is 524 g/mol. The molecular formula is C28H27F2N5O5. The second-order valence-electron chi connectivity index (χ2n) is 9.15. The van der Waals surface area contributed by atoms with Gasteiger partial charge in [0.05, 0.1) is 18.4 Å². The first-order valence-corrected chi connectivity index (χ1v) is 12.3. The number of aromatic amines is 1. The fourth-order valence-electron chi connectivity index (χ4n) is 3.66. The van der Waals surface area contributed by atoms with Crippen LogP contribution in [0.5, 0.6) is 17.4 Å². The van der Waals surface area contributed by atoms with E-state index in [1.807, 2.05) is 31.2 Å². The Hall–Kier alpha value is -4.87. The summed E-state index contributed by atoms with van der Waals surface area (Å²) in [5.74, 6) is -0.203. The minimum atomic E-state index is -2.95. The number of nitrogens with one attached hydrogen (secondary N) is 1. The van der Waals surface area contributed by atoms with Gasteiger partial charge >= 0.3 is 18.0 Å². The molecule has 1 atom stereocenters. The van der Waals surface area contributed by atoms with Crippen molar-refractivity contribution in [1.29, 1.82) is 0 Å². The number of alkyl halides is 2. The molecule has 4 aromatic rings. The molecule has 0 unspecified atom stereocenters. The topological polar surface area (TPSA) is 121 Å². The highest BCUT2D eigenvalue weighted by atomic mass is 19.3. The van der Waals surface area contributed by atoms with Crippen LogP contribution in [0.3, 0.4) is 0 Å². The van der Waals surface area contributed by atoms with E-state index in [9.17, 15) is 23.2 Å². The van der Waals surface area contributed by atoms with Crippen molar-refractivity contribution in [3.8, 4) is 17.4 Å². The van der Waals surface area contributed by atoms with Crippen LogP contribution in [-0.2, 0) is 17.9 Å². The van der Waals surface area contributed by atoms with E-state index in [1.54, 1.807) is 31.2 Å². The molecule has 0 aliphatic carbocycles. The number of hydrogen-bond acceptors (Lipinski definition) is 7. The van der Waals surface area contributed by atoms with Crippen molar-refractivity contribution in [3.63, 3.8) is 0 Å². The van der Waals surface area contributed by atoms with Crippen LogP contribution in [0.4, 0.5) is 14.5 Å². The zero-order valence-electron chi connectivity index (χ0n) is 22.0. The van der Waals surface area contributed by atoms with Gasteiger partial charge in [-0.05, 0) is 49.7 Å². The molecule has 0 aliphatic rings. The molecule has 0 bridgehead atoms. The second kappa shape index (κ2) is 12.3. The molecule has 0 aliphatic heterocycles. The van der Waals surface area contributed by atoms with Gasteiger partial charge in [0.25, 0.3) is 0 Å². The number of ether oxygens (including phenoxy) is 2. The van der Waals surface area contributed by atoms with E-state index in [0.29, 0.717) is 11.4 Å². The molecule has 0 spiro atoms. The fraction of sp³-hybridized carbons (Fsp3) is 0.250. The van der Waals surface area contributed by atoms with Gasteiger partial charge in [0.2, 0.25) is 11.5 Å². The van der Waals surface area contributed by atoms with Crippen LogP contribution in [0, 0.1) is 12.8 Å². The molecule has 0 radical (unpaired) electrons. The Morgan fingerprint density at radius 1 is 1.00 bits per heavy atom. The Bertz CT molecular complexity index is 1660. The Labute approximate surface area is 227 Å². The molecule has 1 N–H and O–H groups in total. The lowest BCUT2D eigenvalue weighted by Gasteiger charge is -2.13. The number of halogens is 2. The van der Waals surface area contributed by atoms with Crippen molar-refractivity contribution >= 4 is 11.5 Å². The molecule has 0 fully saturated rings. The molecule has 12 heteroatoms. The number of aryl methyl sites for hydroxylation is 1. The third kappa shape index (κ3) is 7.16. The van der Waals surface area contributed by atoms with Gasteiger partial charge in [0.15, 0.2) is 0 Å². The SMILES string of the molecule is CC(=O)[C@@H](C)Cn1c(=O)[nH]/c(=N\c2ccc(Oc3ccc(OC(F)F)cn3)cc2)n(Cc2ccc(C)cc2)c1=O. The van der Waals surface area contributed by atoms with Crippen LogP contribution in [0.15, 0.2) is 81.4 Å². The predicted octanol–water partition coefficient (Wildman–Crippen LogP) is 3.94. The Morgan fingerprint density at radius 3 is 2.27 bits per heavy atom. The minimum Gasteiger partial charge on any atom is -0.439 e. The van der Waals surface area contributed by atoms with E-state index < -0.39 is 23.9 Å². The zero-order valence-corrected chi connectivity index (χ0v) is 22.0. The number of rotatable bonds is 10. The Balaban J connectivity index is 1.66. The normalized spacial score (nSPS) is 12.4. The monoisotopic (exact) mass is 551 g/mol. The van der Waals surface area contributed by atoms with Gasteiger partial charge in [-0.2, -0.15) is 8.78 Å². The van der Waals surface area contributed by atoms with Crippen LogP contribution < -0.4 is 26.5 Å². The quantitative estimate of drug-likeness (QED) is 0.319. The lowest BCUT2D eigenvalue weighted by atomic mass is 10.1. The Kier molecular flexibility index (Phi) is 8.67. The van der Waals surface area contributed by atoms with Crippen LogP contribution >= 0.6 is 0 Å². The van der Waals surface area contributed by atoms with E-state index in [1.165, 1.54) is 23.6 Å². The van der Waals surface area contributed by atoms with Gasteiger partial charge in [-0.1, -0.05) is 36.8 Å². The standard InChI is InChI=1S/C28H27F2N5O5/c1-17-4-6-20(7-5-17)16-34-26(33-27(37)35(28(34)38)15-18(2)19(3)36)32-21-8-10-22(11-9-21)39-24-13-12-23(14-31-24)40-25(29)30/h4-14,18,25H,15-16H2,1-3H3,(H,32,33,37)/t18-/m0/s1. The highest BCUT2D eigenvalue weighted by Crippen LogP contribution is 2.24.